The Morgan fingerprint density at radius 2 is 1.71 bits per heavy atom. The minimum atomic E-state index is -1.02. The van der Waals surface area contributed by atoms with Gasteiger partial charge in [0, 0.05) is 19.5 Å². The van der Waals surface area contributed by atoms with E-state index in [0.29, 0.717) is 13.1 Å². The van der Waals surface area contributed by atoms with Crippen LogP contribution in [-0.2, 0) is 9.59 Å². The van der Waals surface area contributed by atoms with E-state index in [1.54, 1.807) is 4.90 Å². The van der Waals surface area contributed by atoms with E-state index in [4.69, 9.17) is 4.74 Å². The van der Waals surface area contributed by atoms with Crippen LogP contribution in [0.2, 0.25) is 0 Å². The van der Waals surface area contributed by atoms with Gasteiger partial charge in [0.1, 0.15) is 11.8 Å². The van der Waals surface area contributed by atoms with Gasteiger partial charge in [-0.3, -0.25) is 29.4 Å². The molecule has 3 aliphatic heterocycles. The number of piperidine rings is 2. The fourth-order valence-electron chi connectivity index (χ4n) is 3.76. The van der Waals surface area contributed by atoms with Crippen molar-refractivity contribution < 1.29 is 28.7 Å². The summed E-state index contributed by atoms with van der Waals surface area (Å²) in [4.78, 5) is 63.5. The predicted molar refractivity (Wildman–Crippen MR) is 94.6 cm³/mol. The molecule has 1 N–H and O–H groups in total. The summed E-state index contributed by atoms with van der Waals surface area (Å²) in [5.74, 6) is -2.15. The maximum atomic E-state index is 12.8. The first-order valence-electron chi connectivity index (χ1n) is 9.28. The van der Waals surface area contributed by atoms with Gasteiger partial charge >= 0.3 is 6.09 Å². The van der Waals surface area contributed by atoms with E-state index in [2.05, 4.69) is 5.32 Å². The zero-order valence-electron chi connectivity index (χ0n) is 15.1. The lowest BCUT2D eigenvalue weighted by molar-refractivity contribution is -0.136. The van der Waals surface area contributed by atoms with E-state index in [1.807, 2.05) is 0 Å². The maximum absolute atomic E-state index is 12.8. The highest BCUT2D eigenvalue weighted by Gasteiger charge is 2.44. The second kappa shape index (κ2) is 7.06. The number of ether oxygens (including phenoxy) is 1. The van der Waals surface area contributed by atoms with E-state index < -0.39 is 35.8 Å². The number of rotatable bonds is 2. The summed E-state index contributed by atoms with van der Waals surface area (Å²) >= 11 is 0. The van der Waals surface area contributed by atoms with Gasteiger partial charge in [0.2, 0.25) is 11.8 Å². The molecule has 0 aliphatic carbocycles. The summed E-state index contributed by atoms with van der Waals surface area (Å²) in [6, 6.07) is 3.20. The van der Waals surface area contributed by atoms with Crippen molar-refractivity contribution in [3.8, 4) is 5.75 Å². The topological polar surface area (TPSA) is 113 Å². The predicted octanol–water partition coefficient (Wildman–Crippen LogP) is 1.07. The lowest BCUT2D eigenvalue weighted by Gasteiger charge is -2.27. The van der Waals surface area contributed by atoms with Crippen molar-refractivity contribution in [2.24, 2.45) is 0 Å². The lowest BCUT2D eigenvalue weighted by Crippen LogP contribution is -2.54. The van der Waals surface area contributed by atoms with Crippen molar-refractivity contribution >= 4 is 29.7 Å². The molecule has 2 fully saturated rings. The summed E-state index contributed by atoms with van der Waals surface area (Å²) in [6.45, 7) is 1.26. The number of benzene rings is 1. The van der Waals surface area contributed by atoms with Crippen LogP contribution in [0.3, 0.4) is 0 Å². The van der Waals surface area contributed by atoms with Gasteiger partial charge in [-0.25, -0.2) is 4.79 Å². The van der Waals surface area contributed by atoms with Crippen molar-refractivity contribution in [2.75, 3.05) is 13.1 Å². The number of likely N-dealkylation sites (tertiary alicyclic amines) is 1. The smallest absolute Gasteiger partial charge is 0.410 e. The zero-order chi connectivity index (χ0) is 19.8. The first-order valence-corrected chi connectivity index (χ1v) is 9.28. The molecule has 9 nitrogen and oxygen atoms in total. The van der Waals surface area contributed by atoms with Gasteiger partial charge in [-0.2, -0.15) is 0 Å². The van der Waals surface area contributed by atoms with E-state index in [9.17, 15) is 24.0 Å². The minimum Gasteiger partial charge on any atom is -0.410 e. The van der Waals surface area contributed by atoms with Crippen LogP contribution in [0.5, 0.6) is 5.75 Å². The van der Waals surface area contributed by atoms with E-state index in [1.165, 1.54) is 18.2 Å². The van der Waals surface area contributed by atoms with Crippen LogP contribution in [0, 0.1) is 0 Å². The Morgan fingerprint density at radius 1 is 1.00 bits per heavy atom. The Bertz CT molecular complexity index is 890. The van der Waals surface area contributed by atoms with Crippen molar-refractivity contribution in [1.82, 2.24) is 15.1 Å². The molecule has 1 aromatic rings. The highest BCUT2D eigenvalue weighted by atomic mass is 16.6. The number of amides is 5. The Morgan fingerprint density at radius 3 is 2.43 bits per heavy atom. The van der Waals surface area contributed by atoms with Crippen molar-refractivity contribution in [2.45, 2.75) is 38.1 Å². The molecule has 5 amide bonds. The SMILES string of the molecule is O=C1CCC(N2C(=O)c3ccc(OC(=O)N4CCCCC4)cc3C2=O)C(=O)N1. The Hall–Kier alpha value is -3.23. The molecule has 2 saturated heterocycles. The minimum absolute atomic E-state index is 0.0580. The van der Waals surface area contributed by atoms with Gasteiger partial charge in [0.25, 0.3) is 11.8 Å². The van der Waals surface area contributed by atoms with E-state index in [0.717, 1.165) is 24.2 Å². The molecule has 28 heavy (non-hydrogen) atoms. The molecule has 3 heterocycles. The number of nitrogens with zero attached hydrogens (tertiary/aromatic N) is 2. The van der Waals surface area contributed by atoms with Gasteiger partial charge in [0.05, 0.1) is 11.1 Å². The maximum Gasteiger partial charge on any atom is 0.415 e. The van der Waals surface area contributed by atoms with E-state index >= 15 is 0 Å². The number of nitrogens with one attached hydrogen (secondary N) is 1. The highest BCUT2D eigenvalue weighted by Crippen LogP contribution is 2.30. The molecule has 9 heteroatoms. The number of imide groups is 2. The van der Waals surface area contributed by atoms with Crippen LogP contribution in [-0.4, -0.2) is 58.7 Å². The molecular weight excluding hydrogens is 366 g/mol. The van der Waals surface area contributed by atoms with Crippen LogP contribution < -0.4 is 10.1 Å². The molecule has 0 bridgehead atoms. The highest BCUT2D eigenvalue weighted by molar-refractivity contribution is 6.23. The summed E-state index contributed by atoms with van der Waals surface area (Å²) in [6.07, 6.45) is 2.59. The van der Waals surface area contributed by atoms with Gasteiger partial charge in [-0.1, -0.05) is 0 Å². The van der Waals surface area contributed by atoms with Crippen LogP contribution >= 0.6 is 0 Å². The van der Waals surface area contributed by atoms with Crippen LogP contribution in [0.4, 0.5) is 4.79 Å². The third-order valence-corrected chi connectivity index (χ3v) is 5.23. The number of fused-ring (bicyclic) bond motifs is 1. The summed E-state index contributed by atoms with van der Waals surface area (Å²) in [5.41, 5.74) is 0.228. The molecular formula is C19H19N3O6. The number of carbonyl (C=O) groups excluding carboxylic acids is 5. The monoisotopic (exact) mass is 385 g/mol. The molecule has 1 aromatic carbocycles. The molecule has 3 aliphatic rings. The molecule has 0 saturated carbocycles. The van der Waals surface area contributed by atoms with Gasteiger partial charge in [0.15, 0.2) is 0 Å². The quantitative estimate of drug-likeness (QED) is 0.762. The van der Waals surface area contributed by atoms with Crippen LogP contribution in [0.1, 0.15) is 52.8 Å². The Kier molecular flexibility index (Phi) is 4.58. The fourth-order valence-corrected chi connectivity index (χ4v) is 3.76. The largest absolute Gasteiger partial charge is 0.415 e. The van der Waals surface area contributed by atoms with E-state index in [-0.39, 0.29) is 29.7 Å². The van der Waals surface area contributed by atoms with Crippen LogP contribution in [0.25, 0.3) is 0 Å². The van der Waals surface area contributed by atoms with Crippen LogP contribution in [0.15, 0.2) is 18.2 Å². The van der Waals surface area contributed by atoms with Gasteiger partial charge in [-0.15, -0.1) is 0 Å². The number of hydrogen-bond acceptors (Lipinski definition) is 6. The molecule has 4 rings (SSSR count). The van der Waals surface area contributed by atoms with Gasteiger partial charge in [-0.05, 0) is 43.9 Å². The first kappa shape index (κ1) is 18.1. The summed E-state index contributed by atoms with van der Waals surface area (Å²) in [7, 11) is 0. The normalized spacial score (nSPS) is 22.2. The molecule has 1 unspecified atom stereocenters. The molecule has 1 atom stereocenters. The Labute approximate surface area is 160 Å². The average molecular weight is 385 g/mol. The zero-order valence-corrected chi connectivity index (χ0v) is 15.1. The molecule has 0 radical (unpaired) electrons. The number of carbonyl (C=O) groups is 5. The lowest BCUT2D eigenvalue weighted by atomic mass is 10.0. The second-order valence-corrected chi connectivity index (χ2v) is 7.07. The molecule has 0 aromatic heterocycles. The first-order chi connectivity index (χ1) is 13.5. The third kappa shape index (κ3) is 3.12. The Balaban J connectivity index is 1.53. The van der Waals surface area contributed by atoms with Gasteiger partial charge < -0.3 is 9.64 Å². The summed E-state index contributed by atoms with van der Waals surface area (Å²) < 4.78 is 5.36. The molecule has 0 spiro atoms. The summed E-state index contributed by atoms with van der Waals surface area (Å²) in [5, 5.41) is 2.15. The number of hydrogen-bond donors (Lipinski definition) is 1. The van der Waals surface area contributed by atoms with Crippen molar-refractivity contribution in [1.29, 1.82) is 0 Å². The fraction of sp³-hybridized carbons (Fsp3) is 0.421. The van der Waals surface area contributed by atoms with Crippen molar-refractivity contribution in [3.63, 3.8) is 0 Å². The third-order valence-electron chi connectivity index (χ3n) is 5.23. The second-order valence-electron chi connectivity index (χ2n) is 7.07. The van der Waals surface area contributed by atoms with Crippen molar-refractivity contribution in [3.05, 3.63) is 29.3 Å². The average Bonchev–Trinajstić information content (AvgIpc) is 2.93. The molecule has 146 valence electrons. The standard InChI is InChI=1S/C19H19N3O6/c23-15-7-6-14(16(24)20-15)22-17(25)12-5-4-11(10-13(12)18(22)26)28-19(27)21-8-2-1-3-9-21/h4-5,10,14H,1-3,6-9H2,(H,20,23,24).